The van der Waals surface area contributed by atoms with Crippen LogP contribution in [0.3, 0.4) is 0 Å². The molecule has 3 atom stereocenters. The molecular formula is C18H30N2O. The van der Waals surface area contributed by atoms with Gasteiger partial charge in [0.25, 0.3) is 0 Å². The highest BCUT2D eigenvalue weighted by Crippen LogP contribution is 2.30. The Labute approximate surface area is 129 Å². The molecule has 0 saturated heterocycles. The molecule has 3 heteroatoms. The molecular weight excluding hydrogens is 260 g/mol. The van der Waals surface area contributed by atoms with Crippen molar-refractivity contribution in [3.8, 4) is 5.75 Å². The van der Waals surface area contributed by atoms with Gasteiger partial charge in [0.2, 0.25) is 0 Å². The molecule has 2 rings (SSSR count). The molecule has 1 aromatic carbocycles. The van der Waals surface area contributed by atoms with Crippen LogP contribution in [-0.2, 0) is 6.54 Å². The SMILES string of the molecule is CCC1CCC(NC)C(N(C)Cc2ccc(OC)cc2)C1. The second-order valence-electron chi connectivity index (χ2n) is 6.31. The Hall–Kier alpha value is -1.06. The van der Waals surface area contributed by atoms with Crippen molar-refractivity contribution >= 4 is 0 Å². The minimum absolute atomic E-state index is 0.621. The molecule has 118 valence electrons. The molecule has 3 unspecified atom stereocenters. The van der Waals surface area contributed by atoms with Gasteiger partial charge in [-0.1, -0.05) is 25.5 Å². The second kappa shape index (κ2) is 7.81. The van der Waals surface area contributed by atoms with E-state index in [1.807, 2.05) is 0 Å². The molecule has 1 aliphatic rings. The Kier molecular flexibility index (Phi) is 6.07. The number of methoxy groups -OCH3 is 1. The maximum atomic E-state index is 5.23. The lowest BCUT2D eigenvalue weighted by molar-refractivity contribution is 0.116. The summed E-state index contributed by atoms with van der Waals surface area (Å²) in [4.78, 5) is 2.52. The minimum atomic E-state index is 0.621. The van der Waals surface area contributed by atoms with Crippen molar-refractivity contribution < 1.29 is 4.74 Å². The first-order valence-corrected chi connectivity index (χ1v) is 8.18. The zero-order valence-electron chi connectivity index (χ0n) is 13.9. The van der Waals surface area contributed by atoms with E-state index in [1.54, 1.807) is 7.11 Å². The summed E-state index contributed by atoms with van der Waals surface area (Å²) >= 11 is 0. The third-order valence-electron chi connectivity index (χ3n) is 5.03. The molecule has 1 aromatic rings. The monoisotopic (exact) mass is 290 g/mol. The zero-order valence-corrected chi connectivity index (χ0v) is 13.9. The number of hydrogen-bond donors (Lipinski definition) is 1. The predicted octanol–water partition coefficient (Wildman–Crippen LogP) is 3.29. The summed E-state index contributed by atoms with van der Waals surface area (Å²) in [6, 6.07) is 9.70. The maximum Gasteiger partial charge on any atom is 0.118 e. The zero-order chi connectivity index (χ0) is 15.2. The predicted molar refractivity (Wildman–Crippen MR) is 88.7 cm³/mol. The molecule has 1 saturated carbocycles. The van der Waals surface area contributed by atoms with E-state index in [0.717, 1.165) is 18.2 Å². The standard InChI is InChI=1S/C18H30N2O/c1-5-14-8-11-17(19-2)18(12-14)20(3)13-15-6-9-16(21-4)10-7-15/h6-7,9-10,14,17-19H,5,8,11-13H2,1-4H3. The van der Waals surface area contributed by atoms with Gasteiger partial charge in [-0.25, -0.2) is 0 Å². The van der Waals surface area contributed by atoms with E-state index in [0.29, 0.717) is 12.1 Å². The van der Waals surface area contributed by atoms with Crippen molar-refractivity contribution in [1.29, 1.82) is 0 Å². The lowest BCUT2D eigenvalue weighted by Gasteiger charge is -2.41. The van der Waals surface area contributed by atoms with Crippen LogP contribution in [0.1, 0.15) is 38.2 Å². The van der Waals surface area contributed by atoms with Gasteiger partial charge in [-0.2, -0.15) is 0 Å². The third-order valence-corrected chi connectivity index (χ3v) is 5.03. The van der Waals surface area contributed by atoms with Crippen LogP contribution in [0, 0.1) is 5.92 Å². The molecule has 1 N–H and O–H groups in total. The maximum absolute atomic E-state index is 5.23. The Bertz CT molecular complexity index is 418. The lowest BCUT2D eigenvalue weighted by Crippen LogP contribution is -2.50. The first-order chi connectivity index (χ1) is 10.2. The molecule has 0 spiro atoms. The van der Waals surface area contributed by atoms with Gasteiger partial charge in [-0.3, -0.25) is 4.90 Å². The van der Waals surface area contributed by atoms with Crippen LogP contribution in [0.15, 0.2) is 24.3 Å². The number of hydrogen-bond acceptors (Lipinski definition) is 3. The minimum Gasteiger partial charge on any atom is -0.497 e. The van der Waals surface area contributed by atoms with Crippen LogP contribution >= 0.6 is 0 Å². The van der Waals surface area contributed by atoms with E-state index in [4.69, 9.17) is 4.74 Å². The normalized spacial score (nSPS) is 26.0. The second-order valence-corrected chi connectivity index (χ2v) is 6.31. The molecule has 1 fully saturated rings. The van der Waals surface area contributed by atoms with Gasteiger partial charge in [0.1, 0.15) is 5.75 Å². The fraction of sp³-hybridized carbons (Fsp3) is 0.667. The Morgan fingerprint density at radius 3 is 2.52 bits per heavy atom. The van der Waals surface area contributed by atoms with Crippen molar-refractivity contribution in [3.63, 3.8) is 0 Å². The number of ether oxygens (including phenoxy) is 1. The van der Waals surface area contributed by atoms with Crippen molar-refractivity contribution in [2.24, 2.45) is 5.92 Å². The molecule has 0 aliphatic heterocycles. The lowest BCUT2D eigenvalue weighted by atomic mass is 9.80. The van der Waals surface area contributed by atoms with Gasteiger partial charge in [-0.15, -0.1) is 0 Å². The Balaban J connectivity index is 2.00. The topological polar surface area (TPSA) is 24.5 Å². The summed E-state index contributed by atoms with van der Waals surface area (Å²) in [7, 11) is 6.08. The summed E-state index contributed by atoms with van der Waals surface area (Å²) < 4.78 is 5.23. The van der Waals surface area contributed by atoms with Gasteiger partial charge >= 0.3 is 0 Å². The van der Waals surface area contributed by atoms with Gasteiger partial charge in [0.15, 0.2) is 0 Å². The number of nitrogens with one attached hydrogen (secondary N) is 1. The first kappa shape index (κ1) is 16.3. The number of rotatable bonds is 6. The van der Waals surface area contributed by atoms with Crippen molar-refractivity contribution in [2.75, 3.05) is 21.2 Å². The van der Waals surface area contributed by atoms with E-state index in [9.17, 15) is 0 Å². The molecule has 0 bridgehead atoms. The number of benzene rings is 1. The van der Waals surface area contributed by atoms with Crippen LogP contribution < -0.4 is 10.1 Å². The first-order valence-electron chi connectivity index (χ1n) is 8.18. The summed E-state index contributed by atoms with van der Waals surface area (Å²) in [5.74, 6) is 1.82. The largest absolute Gasteiger partial charge is 0.497 e. The van der Waals surface area contributed by atoms with Crippen LogP contribution in [-0.4, -0.2) is 38.2 Å². The number of nitrogens with zero attached hydrogens (tertiary/aromatic N) is 1. The van der Waals surface area contributed by atoms with Crippen LogP contribution in [0.25, 0.3) is 0 Å². The van der Waals surface area contributed by atoms with Gasteiger partial charge in [-0.05, 0) is 57.0 Å². The fourth-order valence-corrected chi connectivity index (χ4v) is 3.56. The highest BCUT2D eigenvalue weighted by atomic mass is 16.5. The average Bonchev–Trinajstić information content (AvgIpc) is 2.54. The van der Waals surface area contributed by atoms with Gasteiger partial charge in [0, 0.05) is 18.6 Å². The smallest absolute Gasteiger partial charge is 0.118 e. The average molecular weight is 290 g/mol. The highest BCUT2D eigenvalue weighted by Gasteiger charge is 2.31. The Morgan fingerprint density at radius 1 is 1.24 bits per heavy atom. The van der Waals surface area contributed by atoms with Crippen molar-refractivity contribution in [2.45, 2.75) is 51.2 Å². The quantitative estimate of drug-likeness (QED) is 0.870. The highest BCUT2D eigenvalue weighted by molar-refractivity contribution is 5.27. The molecule has 1 aliphatic carbocycles. The van der Waals surface area contributed by atoms with Crippen LogP contribution in [0.2, 0.25) is 0 Å². The van der Waals surface area contributed by atoms with E-state index in [1.165, 1.54) is 31.2 Å². The molecule has 3 nitrogen and oxygen atoms in total. The summed E-state index contributed by atoms with van der Waals surface area (Å²) in [5.41, 5.74) is 1.35. The summed E-state index contributed by atoms with van der Waals surface area (Å²) in [5, 5.41) is 3.52. The number of likely N-dealkylation sites (N-methyl/N-ethyl adjacent to an activating group) is 2. The van der Waals surface area contributed by atoms with Gasteiger partial charge in [0.05, 0.1) is 7.11 Å². The van der Waals surface area contributed by atoms with Crippen molar-refractivity contribution in [1.82, 2.24) is 10.2 Å². The summed E-state index contributed by atoms with van der Waals surface area (Å²) in [6.45, 7) is 3.33. The van der Waals surface area contributed by atoms with Crippen LogP contribution in [0.5, 0.6) is 5.75 Å². The third kappa shape index (κ3) is 4.21. The molecule has 0 radical (unpaired) electrons. The fourth-order valence-electron chi connectivity index (χ4n) is 3.56. The Morgan fingerprint density at radius 2 is 1.95 bits per heavy atom. The molecule has 21 heavy (non-hydrogen) atoms. The van der Waals surface area contributed by atoms with E-state index >= 15 is 0 Å². The molecule has 0 aromatic heterocycles. The van der Waals surface area contributed by atoms with E-state index in [-0.39, 0.29) is 0 Å². The van der Waals surface area contributed by atoms with E-state index in [2.05, 4.69) is 55.5 Å². The van der Waals surface area contributed by atoms with Gasteiger partial charge < -0.3 is 10.1 Å². The molecule has 0 heterocycles. The van der Waals surface area contributed by atoms with Crippen LogP contribution in [0.4, 0.5) is 0 Å². The van der Waals surface area contributed by atoms with E-state index < -0.39 is 0 Å². The molecule has 0 amide bonds. The van der Waals surface area contributed by atoms with Crippen molar-refractivity contribution in [3.05, 3.63) is 29.8 Å². The summed E-state index contributed by atoms with van der Waals surface area (Å²) in [6.07, 6.45) is 5.29.